The lowest BCUT2D eigenvalue weighted by atomic mass is 10.1. The van der Waals surface area contributed by atoms with Gasteiger partial charge in [0.25, 0.3) is 6.01 Å². The first kappa shape index (κ1) is 9.96. The Morgan fingerprint density at radius 1 is 1.29 bits per heavy atom. The number of nitrogens with one attached hydrogen (secondary N) is 1. The highest BCUT2D eigenvalue weighted by Gasteiger charge is 2.11. The number of hydrogen-bond donors (Lipinski definition) is 1. The number of benzene rings is 1. The van der Waals surface area contributed by atoms with E-state index in [0.29, 0.717) is 6.01 Å². The highest BCUT2D eigenvalue weighted by atomic mass is 16.4. The first-order chi connectivity index (χ1) is 8.29. The summed E-state index contributed by atoms with van der Waals surface area (Å²) in [5, 5.41) is 4.06. The third kappa shape index (κ3) is 1.49. The van der Waals surface area contributed by atoms with Crippen molar-refractivity contribution in [3.05, 3.63) is 36.7 Å². The fraction of sp³-hybridized carbons (Fsp3) is 0.154. The molecule has 4 nitrogen and oxygen atoms in total. The van der Waals surface area contributed by atoms with Gasteiger partial charge >= 0.3 is 0 Å². The molecule has 0 bridgehead atoms. The SMILES string of the molecule is CNc1ncc(-c2cn(C)c3ccccc23)o1. The molecule has 2 heterocycles. The number of fused-ring (bicyclic) bond motifs is 1. The van der Waals surface area contributed by atoms with Gasteiger partial charge < -0.3 is 14.3 Å². The zero-order chi connectivity index (χ0) is 11.8. The number of anilines is 1. The molecule has 2 aromatic heterocycles. The molecule has 86 valence electrons. The minimum atomic E-state index is 0.535. The first-order valence-electron chi connectivity index (χ1n) is 5.47. The largest absolute Gasteiger partial charge is 0.424 e. The van der Waals surface area contributed by atoms with Crippen molar-refractivity contribution in [2.45, 2.75) is 0 Å². The van der Waals surface area contributed by atoms with Gasteiger partial charge in [0, 0.05) is 36.8 Å². The Morgan fingerprint density at radius 2 is 2.12 bits per heavy atom. The minimum Gasteiger partial charge on any atom is -0.424 e. The molecule has 3 aromatic rings. The van der Waals surface area contributed by atoms with Gasteiger partial charge in [-0.2, -0.15) is 0 Å². The Hall–Kier alpha value is -2.23. The third-order valence-electron chi connectivity index (χ3n) is 2.88. The zero-order valence-corrected chi connectivity index (χ0v) is 9.77. The highest BCUT2D eigenvalue weighted by Crippen LogP contribution is 2.31. The van der Waals surface area contributed by atoms with Gasteiger partial charge in [0.15, 0.2) is 5.76 Å². The summed E-state index contributed by atoms with van der Waals surface area (Å²) in [7, 11) is 3.82. The van der Waals surface area contributed by atoms with Gasteiger partial charge in [-0.3, -0.25) is 0 Å². The minimum absolute atomic E-state index is 0.535. The fourth-order valence-electron chi connectivity index (χ4n) is 2.05. The smallest absolute Gasteiger partial charge is 0.294 e. The second-order valence-electron chi connectivity index (χ2n) is 3.95. The van der Waals surface area contributed by atoms with Crippen LogP contribution in [-0.4, -0.2) is 16.6 Å². The molecule has 0 aliphatic rings. The van der Waals surface area contributed by atoms with E-state index in [1.807, 2.05) is 19.2 Å². The van der Waals surface area contributed by atoms with Crippen LogP contribution in [0.1, 0.15) is 0 Å². The van der Waals surface area contributed by atoms with Gasteiger partial charge in [0.1, 0.15) is 0 Å². The number of aryl methyl sites for hydroxylation is 1. The van der Waals surface area contributed by atoms with Crippen LogP contribution in [0.2, 0.25) is 0 Å². The number of oxazole rings is 1. The molecule has 0 aliphatic carbocycles. The van der Waals surface area contributed by atoms with Gasteiger partial charge in [0.2, 0.25) is 0 Å². The molecule has 0 atom stereocenters. The summed E-state index contributed by atoms with van der Waals surface area (Å²) < 4.78 is 7.69. The molecular weight excluding hydrogens is 214 g/mol. The number of para-hydroxylation sites is 1. The van der Waals surface area contributed by atoms with Crippen LogP contribution in [0, 0.1) is 0 Å². The predicted molar refractivity (Wildman–Crippen MR) is 68.0 cm³/mol. The molecule has 0 saturated carbocycles. The molecule has 0 spiro atoms. The Kier molecular flexibility index (Phi) is 2.14. The normalized spacial score (nSPS) is 10.9. The lowest BCUT2D eigenvalue weighted by molar-refractivity contribution is 0.590. The fourth-order valence-corrected chi connectivity index (χ4v) is 2.05. The Bertz CT molecular complexity index is 666. The molecule has 0 saturated heterocycles. The van der Waals surface area contributed by atoms with Gasteiger partial charge in [-0.1, -0.05) is 18.2 Å². The van der Waals surface area contributed by atoms with Crippen molar-refractivity contribution in [3.63, 3.8) is 0 Å². The maximum absolute atomic E-state index is 5.60. The number of nitrogens with zero attached hydrogens (tertiary/aromatic N) is 2. The lowest BCUT2D eigenvalue weighted by Crippen LogP contribution is -1.84. The van der Waals surface area contributed by atoms with E-state index in [4.69, 9.17) is 4.42 Å². The standard InChI is InChI=1S/C13H13N3O/c1-14-13-15-7-12(17-13)10-8-16(2)11-6-4-3-5-9(10)11/h3-8H,1-2H3,(H,14,15). The van der Waals surface area contributed by atoms with E-state index in [9.17, 15) is 0 Å². The lowest BCUT2D eigenvalue weighted by Gasteiger charge is -1.94. The van der Waals surface area contributed by atoms with E-state index < -0.39 is 0 Å². The van der Waals surface area contributed by atoms with Crippen LogP contribution in [0.15, 0.2) is 41.1 Å². The monoisotopic (exact) mass is 227 g/mol. The molecule has 0 fully saturated rings. The van der Waals surface area contributed by atoms with Crippen LogP contribution in [0.4, 0.5) is 6.01 Å². The summed E-state index contributed by atoms with van der Waals surface area (Å²) in [6.45, 7) is 0. The van der Waals surface area contributed by atoms with Gasteiger partial charge in [-0.25, -0.2) is 4.98 Å². The van der Waals surface area contributed by atoms with Gasteiger partial charge in [-0.15, -0.1) is 0 Å². The summed E-state index contributed by atoms with van der Waals surface area (Å²) in [4.78, 5) is 4.14. The Labute approximate surface area is 98.9 Å². The van der Waals surface area contributed by atoms with Crippen LogP contribution in [0.3, 0.4) is 0 Å². The second-order valence-corrected chi connectivity index (χ2v) is 3.95. The van der Waals surface area contributed by atoms with Crippen LogP contribution >= 0.6 is 0 Å². The molecule has 1 aromatic carbocycles. The van der Waals surface area contributed by atoms with Crippen molar-refractivity contribution in [2.75, 3.05) is 12.4 Å². The summed E-state index contributed by atoms with van der Waals surface area (Å²) in [6, 6.07) is 8.78. The van der Waals surface area contributed by atoms with Crippen molar-refractivity contribution in [1.29, 1.82) is 0 Å². The second kappa shape index (κ2) is 3.66. The van der Waals surface area contributed by atoms with E-state index in [1.54, 1.807) is 13.2 Å². The molecular formula is C13H13N3O. The van der Waals surface area contributed by atoms with Crippen LogP contribution in [0.5, 0.6) is 0 Å². The van der Waals surface area contributed by atoms with Gasteiger partial charge in [-0.05, 0) is 6.07 Å². The number of aromatic nitrogens is 2. The quantitative estimate of drug-likeness (QED) is 0.732. The van der Waals surface area contributed by atoms with E-state index in [1.165, 1.54) is 10.9 Å². The summed E-state index contributed by atoms with van der Waals surface area (Å²) >= 11 is 0. The maximum Gasteiger partial charge on any atom is 0.294 e. The van der Waals surface area contributed by atoms with E-state index in [2.05, 4.69) is 33.2 Å². The van der Waals surface area contributed by atoms with Crippen molar-refractivity contribution < 1.29 is 4.42 Å². The molecule has 3 rings (SSSR count). The Morgan fingerprint density at radius 3 is 2.88 bits per heavy atom. The first-order valence-corrected chi connectivity index (χ1v) is 5.47. The van der Waals surface area contributed by atoms with Gasteiger partial charge in [0.05, 0.1) is 6.20 Å². The topological polar surface area (TPSA) is 43.0 Å². The van der Waals surface area contributed by atoms with E-state index in [0.717, 1.165) is 11.3 Å². The van der Waals surface area contributed by atoms with Crippen LogP contribution < -0.4 is 5.32 Å². The molecule has 0 amide bonds. The molecule has 0 unspecified atom stereocenters. The number of hydrogen-bond acceptors (Lipinski definition) is 3. The van der Waals surface area contributed by atoms with E-state index >= 15 is 0 Å². The number of rotatable bonds is 2. The molecule has 17 heavy (non-hydrogen) atoms. The van der Waals surface area contributed by atoms with Crippen molar-refractivity contribution in [3.8, 4) is 11.3 Å². The summed E-state index contributed by atoms with van der Waals surface area (Å²) in [5.41, 5.74) is 2.25. The van der Waals surface area contributed by atoms with E-state index in [-0.39, 0.29) is 0 Å². The maximum atomic E-state index is 5.60. The van der Waals surface area contributed by atoms with Crippen LogP contribution in [0.25, 0.3) is 22.2 Å². The van der Waals surface area contributed by atoms with Crippen molar-refractivity contribution in [1.82, 2.24) is 9.55 Å². The molecule has 1 N–H and O–H groups in total. The molecule has 0 aliphatic heterocycles. The third-order valence-corrected chi connectivity index (χ3v) is 2.88. The van der Waals surface area contributed by atoms with Crippen LogP contribution in [-0.2, 0) is 7.05 Å². The summed E-state index contributed by atoms with van der Waals surface area (Å²) in [6.07, 6.45) is 3.80. The average molecular weight is 227 g/mol. The predicted octanol–water partition coefficient (Wildman–Crippen LogP) is 2.88. The van der Waals surface area contributed by atoms with Crippen molar-refractivity contribution >= 4 is 16.9 Å². The zero-order valence-electron chi connectivity index (χ0n) is 9.77. The van der Waals surface area contributed by atoms with Crippen molar-refractivity contribution in [2.24, 2.45) is 7.05 Å². The highest BCUT2D eigenvalue weighted by molar-refractivity contribution is 5.94. The Balaban J connectivity index is 2.23. The molecule has 0 radical (unpaired) electrons. The summed E-state index contributed by atoms with van der Waals surface area (Å²) in [5.74, 6) is 0.783. The molecule has 4 heteroatoms. The average Bonchev–Trinajstić information content (AvgIpc) is 2.95.